The van der Waals surface area contributed by atoms with Gasteiger partial charge in [0.2, 0.25) is 6.41 Å². The number of rotatable bonds is 8. The van der Waals surface area contributed by atoms with Crippen LogP contribution in [0.4, 0.5) is 29.3 Å². The highest BCUT2D eigenvalue weighted by Crippen LogP contribution is 2.26. The van der Waals surface area contributed by atoms with Crippen LogP contribution in [0.2, 0.25) is 0 Å². The molecule has 2 rings (SSSR count). The summed E-state index contributed by atoms with van der Waals surface area (Å²) in [6.45, 7) is 9.94. The fourth-order valence-electron chi connectivity index (χ4n) is 3.19. The summed E-state index contributed by atoms with van der Waals surface area (Å²) < 4.78 is 39.9. The molecule has 0 saturated carbocycles. The van der Waals surface area contributed by atoms with Crippen LogP contribution < -0.4 is 15.8 Å². The van der Waals surface area contributed by atoms with Gasteiger partial charge in [-0.05, 0) is 61.9 Å². The van der Waals surface area contributed by atoms with Gasteiger partial charge in [0.15, 0.2) is 0 Å². The van der Waals surface area contributed by atoms with Gasteiger partial charge in [-0.1, -0.05) is 50.6 Å². The van der Waals surface area contributed by atoms with E-state index in [9.17, 15) is 22.8 Å². The van der Waals surface area contributed by atoms with Crippen LogP contribution in [0.5, 0.6) is 0 Å². The Kier molecular flexibility index (Phi) is 11.2. The predicted molar refractivity (Wildman–Crippen MR) is 124 cm³/mol. The Balaban J connectivity index is 0.000000412. The second kappa shape index (κ2) is 13.3. The molecule has 0 fully saturated rings. The Labute approximate surface area is 193 Å². The number of hydrogen-bond acceptors (Lipinski definition) is 4. The normalized spacial score (nSPS) is 10.5. The summed E-state index contributed by atoms with van der Waals surface area (Å²) in [7, 11) is 0. The van der Waals surface area contributed by atoms with E-state index in [1.165, 1.54) is 35.7 Å². The highest BCUT2D eigenvalue weighted by Gasteiger charge is 2.36. The minimum Gasteiger partial charge on any atom is -0.356 e. The Morgan fingerprint density at radius 2 is 1.61 bits per heavy atom. The average molecular weight is 468 g/mol. The first-order valence-electron chi connectivity index (χ1n) is 10.8. The zero-order valence-corrected chi connectivity index (χ0v) is 19.7. The summed E-state index contributed by atoms with van der Waals surface area (Å²) in [5.41, 5.74) is 10.7. The highest BCUT2D eigenvalue weighted by atomic mass is 19.4. The van der Waals surface area contributed by atoms with Gasteiger partial charge in [-0.25, -0.2) is 4.79 Å². The molecule has 0 aliphatic carbocycles. The van der Waals surface area contributed by atoms with Crippen LogP contribution in [0.15, 0.2) is 36.4 Å². The Bertz CT molecular complexity index is 895. The van der Waals surface area contributed by atoms with E-state index < -0.39 is 12.5 Å². The maximum absolute atomic E-state index is 12.2. The second-order valence-electron chi connectivity index (χ2n) is 7.17. The number of aryl methyl sites for hydroxylation is 4. The lowest BCUT2D eigenvalue weighted by Crippen LogP contribution is -2.35. The number of anilines is 2. The van der Waals surface area contributed by atoms with Gasteiger partial charge in [-0.3, -0.25) is 20.5 Å². The molecule has 0 bridgehead atoms. The minimum atomic E-state index is -5.05. The summed E-state index contributed by atoms with van der Waals surface area (Å²) in [6.07, 6.45) is -3.23. The first-order valence-corrected chi connectivity index (χ1v) is 10.8. The first kappa shape index (κ1) is 27.8. The van der Waals surface area contributed by atoms with Crippen LogP contribution >= 0.6 is 0 Å². The molecule has 0 aliphatic heterocycles. The number of nitrogens with zero attached hydrogens (tertiary/aromatic N) is 1. The molecule has 0 aromatic heterocycles. The lowest BCUT2D eigenvalue weighted by atomic mass is 10.0. The van der Waals surface area contributed by atoms with Crippen molar-refractivity contribution in [1.29, 1.82) is 0 Å². The van der Waals surface area contributed by atoms with Crippen molar-refractivity contribution in [3.8, 4) is 0 Å². The van der Waals surface area contributed by atoms with Crippen LogP contribution in [0.1, 0.15) is 49.9 Å². The van der Waals surface area contributed by atoms with E-state index in [0.29, 0.717) is 18.5 Å². The molecule has 0 spiro atoms. The summed E-state index contributed by atoms with van der Waals surface area (Å²) >= 11 is 0. The van der Waals surface area contributed by atoms with E-state index in [-0.39, 0.29) is 12.2 Å². The van der Waals surface area contributed by atoms with Crippen LogP contribution in [-0.4, -0.2) is 25.4 Å². The Hall–Kier alpha value is -3.23. The van der Waals surface area contributed by atoms with Gasteiger partial charge in [0.25, 0.3) is 0 Å². The van der Waals surface area contributed by atoms with Crippen molar-refractivity contribution in [3.63, 3.8) is 0 Å². The van der Waals surface area contributed by atoms with E-state index in [2.05, 4.69) is 54.6 Å². The maximum atomic E-state index is 12.2. The zero-order valence-electron chi connectivity index (χ0n) is 19.7. The molecule has 0 radical (unpaired) electrons. The molecule has 0 atom stereocenters. The van der Waals surface area contributed by atoms with Crippen LogP contribution in [0.25, 0.3) is 0 Å². The molecule has 182 valence electrons. The van der Waals surface area contributed by atoms with Gasteiger partial charge in [-0.2, -0.15) is 0 Å². The number of hydrazine groups is 1. The van der Waals surface area contributed by atoms with Crippen molar-refractivity contribution in [3.05, 3.63) is 58.7 Å². The molecule has 6 nitrogen and oxygen atoms in total. The zero-order chi connectivity index (χ0) is 25.0. The summed E-state index contributed by atoms with van der Waals surface area (Å²) in [5.74, 6) is 0. The van der Waals surface area contributed by atoms with E-state index in [0.717, 1.165) is 23.3 Å². The first-order chi connectivity index (χ1) is 15.6. The fourth-order valence-corrected chi connectivity index (χ4v) is 3.19. The Morgan fingerprint density at radius 1 is 1.00 bits per heavy atom. The van der Waals surface area contributed by atoms with Crippen molar-refractivity contribution in [1.82, 2.24) is 5.43 Å². The van der Waals surface area contributed by atoms with Crippen molar-refractivity contribution in [2.24, 2.45) is 0 Å². The molecule has 33 heavy (non-hydrogen) atoms. The number of ether oxygens (including phenoxy) is 1. The molecule has 0 unspecified atom stereocenters. The molecule has 0 saturated heterocycles. The quantitative estimate of drug-likeness (QED) is 0.373. The van der Waals surface area contributed by atoms with E-state index in [1.807, 2.05) is 6.92 Å². The monoisotopic (exact) mass is 467 g/mol. The van der Waals surface area contributed by atoms with Crippen molar-refractivity contribution < 1.29 is 27.5 Å². The number of amides is 2. The molecule has 0 aliphatic rings. The van der Waals surface area contributed by atoms with Gasteiger partial charge in [0.05, 0.1) is 5.69 Å². The molecule has 2 aromatic rings. The van der Waals surface area contributed by atoms with Crippen LogP contribution in [0.3, 0.4) is 0 Å². The number of hydrogen-bond donors (Lipinski definition) is 2. The average Bonchev–Trinajstić information content (AvgIpc) is 2.77. The predicted octanol–water partition coefficient (Wildman–Crippen LogP) is 5.92. The van der Waals surface area contributed by atoms with Crippen molar-refractivity contribution in [2.75, 3.05) is 16.9 Å². The number of halogens is 3. The van der Waals surface area contributed by atoms with Crippen LogP contribution in [0, 0.1) is 6.92 Å². The molecular weight excluding hydrogens is 435 g/mol. The minimum absolute atomic E-state index is 0.0130. The smallest absolute Gasteiger partial charge is 0.356 e. The largest absolute Gasteiger partial charge is 0.576 e. The second-order valence-corrected chi connectivity index (χ2v) is 7.17. The topological polar surface area (TPSA) is 70.7 Å². The van der Waals surface area contributed by atoms with E-state index in [1.54, 1.807) is 6.07 Å². The summed E-state index contributed by atoms with van der Waals surface area (Å²) in [5, 5.41) is 0. The van der Waals surface area contributed by atoms with Crippen molar-refractivity contribution in [2.45, 2.75) is 60.2 Å². The van der Waals surface area contributed by atoms with E-state index in [4.69, 9.17) is 0 Å². The lowest BCUT2D eigenvalue weighted by molar-refractivity contribution is -0.290. The SMILES string of the molecule is CCc1cc(C)cc(CC)c1.CCc1ccc(N(CC)C(=O)OC(F)(F)F)cc1NNC=O. The van der Waals surface area contributed by atoms with Crippen molar-refractivity contribution >= 4 is 23.9 Å². The third-order valence-corrected chi connectivity index (χ3v) is 4.80. The number of carbonyl (C=O) groups is 2. The van der Waals surface area contributed by atoms with Crippen LogP contribution in [-0.2, 0) is 28.8 Å². The standard InChI is InChI=1S/C13H16F3N3O3.C11H16/c1-3-9-5-6-10(7-11(9)18-17-8-20)19(4-2)12(21)22-13(14,15)16;1-4-10-6-9(3)7-11(5-2)8-10/h5-8,18H,3-4H2,1-2H3,(H,17,20);6-8H,4-5H2,1-3H3. The summed E-state index contributed by atoms with van der Waals surface area (Å²) in [6, 6.07) is 11.4. The maximum Gasteiger partial charge on any atom is 0.576 e. The van der Waals surface area contributed by atoms with Gasteiger partial charge >= 0.3 is 12.5 Å². The van der Waals surface area contributed by atoms with Gasteiger partial charge in [0.1, 0.15) is 0 Å². The van der Waals surface area contributed by atoms with E-state index >= 15 is 0 Å². The number of benzene rings is 2. The number of alkyl halides is 3. The molecule has 2 N–H and O–H groups in total. The molecule has 2 amide bonds. The highest BCUT2D eigenvalue weighted by molar-refractivity contribution is 5.88. The van der Waals surface area contributed by atoms with Gasteiger partial charge in [-0.15, -0.1) is 13.2 Å². The van der Waals surface area contributed by atoms with Gasteiger partial charge < -0.3 is 4.74 Å². The lowest BCUT2D eigenvalue weighted by Gasteiger charge is -2.22. The molecular formula is C24H32F3N3O3. The number of nitrogens with one attached hydrogen (secondary N) is 2. The Morgan fingerprint density at radius 3 is 2.06 bits per heavy atom. The molecule has 0 heterocycles. The number of carbonyl (C=O) groups excluding carboxylic acids is 2. The van der Waals surface area contributed by atoms with Gasteiger partial charge in [0, 0.05) is 12.2 Å². The summed E-state index contributed by atoms with van der Waals surface area (Å²) in [4.78, 5) is 22.7. The fraction of sp³-hybridized carbons (Fsp3) is 0.417. The molecule has 9 heteroatoms. The third-order valence-electron chi connectivity index (χ3n) is 4.80. The third kappa shape index (κ3) is 9.43. The molecule has 2 aromatic carbocycles.